The van der Waals surface area contributed by atoms with Crippen LogP contribution in [0.3, 0.4) is 0 Å². The Morgan fingerprint density at radius 2 is 1.85 bits per heavy atom. The maximum Gasteiger partial charge on any atom is 0.204 e. The number of H-pyrrole nitrogens is 1. The quantitative estimate of drug-likeness (QED) is 0.589. The lowest BCUT2D eigenvalue weighted by Gasteiger charge is -2.10. The zero-order chi connectivity index (χ0) is 18.5. The third-order valence-corrected chi connectivity index (χ3v) is 5.18. The molecule has 4 nitrogen and oxygen atoms in total. The lowest BCUT2D eigenvalue weighted by atomic mass is 10.0. The second kappa shape index (κ2) is 8.32. The van der Waals surface area contributed by atoms with E-state index in [4.69, 9.17) is 4.74 Å². The normalized spacial score (nSPS) is 10.7. The summed E-state index contributed by atoms with van der Waals surface area (Å²) in [5.74, 6) is 0.801. The van der Waals surface area contributed by atoms with Crippen LogP contribution in [0.5, 0.6) is 5.75 Å². The van der Waals surface area contributed by atoms with Gasteiger partial charge in [-0.15, -0.1) is 0 Å². The maximum atomic E-state index is 12.5. The molecular formula is C21H21BrN2O2. The summed E-state index contributed by atoms with van der Waals surface area (Å²) in [5, 5.41) is 0. The largest absolute Gasteiger partial charge is 0.494 e. The summed E-state index contributed by atoms with van der Waals surface area (Å²) in [5.41, 5.74) is 4.34. The second-order valence-corrected chi connectivity index (χ2v) is 6.98. The molecule has 0 atom stereocenters. The van der Waals surface area contributed by atoms with Crippen molar-refractivity contribution >= 4 is 15.9 Å². The van der Waals surface area contributed by atoms with Gasteiger partial charge >= 0.3 is 0 Å². The fourth-order valence-corrected chi connectivity index (χ4v) is 3.20. The van der Waals surface area contributed by atoms with E-state index in [1.807, 2.05) is 62.5 Å². The second-order valence-electron chi connectivity index (χ2n) is 6.19. The molecule has 134 valence electrons. The van der Waals surface area contributed by atoms with Gasteiger partial charge in [-0.05, 0) is 72.4 Å². The lowest BCUT2D eigenvalue weighted by molar-refractivity contribution is 0.310. The topological polar surface area (TPSA) is 55.0 Å². The first-order chi connectivity index (χ1) is 12.6. The van der Waals surface area contributed by atoms with Crippen LogP contribution in [0.4, 0.5) is 0 Å². The van der Waals surface area contributed by atoms with E-state index in [-0.39, 0.29) is 5.43 Å². The van der Waals surface area contributed by atoms with Crippen molar-refractivity contribution in [3.63, 3.8) is 0 Å². The number of halogens is 1. The monoisotopic (exact) mass is 412 g/mol. The number of ether oxygens (including phenoxy) is 1. The summed E-state index contributed by atoms with van der Waals surface area (Å²) in [7, 11) is 0. The van der Waals surface area contributed by atoms with Gasteiger partial charge < -0.3 is 9.72 Å². The third kappa shape index (κ3) is 4.22. The summed E-state index contributed by atoms with van der Waals surface area (Å²) in [6.45, 7) is 4.42. The van der Waals surface area contributed by atoms with E-state index in [0.29, 0.717) is 16.6 Å². The zero-order valence-electron chi connectivity index (χ0n) is 14.9. The van der Waals surface area contributed by atoms with Gasteiger partial charge in [0.05, 0.1) is 11.1 Å². The molecular weight excluding hydrogens is 392 g/mol. The Bertz CT molecular complexity index is 935. The number of nitrogens with one attached hydrogen (secondary N) is 1. The van der Waals surface area contributed by atoms with Crippen LogP contribution in [0.1, 0.15) is 23.5 Å². The Hall–Kier alpha value is -2.40. The van der Waals surface area contributed by atoms with Gasteiger partial charge in [0.25, 0.3) is 0 Å². The average molecular weight is 413 g/mol. The van der Waals surface area contributed by atoms with E-state index < -0.39 is 0 Å². The van der Waals surface area contributed by atoms with E-state index in [9.17, 15) is 4.79 Å². The van der Waals surface area contributed by atoms with Crippen molar-refractivity contribution in [1.29, 1.82) is 0 Å². The van der Waals surface area contributed by atoms with Crippen LogP contribution >= 0.6 is 15.9 Å². The molecule has 3 rings (SSSR count). The van der Waals surface area contributed by atoms with Crippen LogP contribution in [0.15, 0.2) is 57.9 Å². The highest BCUT2D eigenvalue weighted by atomic mass is 79.9. The highest BCUT2D eigenvalue weighted by Gasteiger charge is 2.12. The first-order valence-corrected chi connectivity index (χ1v) is 9.37. The van der Waals surface area contributed by atoms with Crippen LogP contribution < -0.4 is 10.2 Å². The molecule has 1 aromatic carbocycles. The molecule has 5 heteroatoms. The molecule has 26 heavy (non-hydrogen) atoms. The Kier molecular flexibility index (Phi) is 5.89. The molecule has 0 saturated heterocycles. The summed E-state index contributed by atoms with van der Waals surface area (Å²) >= 11 is 3.36. The Morgan fingerprint density at radius 1 is 1.08 bits per heavy atom. The zero-order valence-corrected chi connectivity index (χ0v) is 16.5. The van der Waals surface area contributed by atoms with Gasteiger partial charge in [0.2, 0.25) is 5.43 Å². The minimum Gasteiger partial charge on any atom is -0.494 e. The standard InChI is InChI=1S/C21H21BrN2O2/c1-14-19(21(25)20(22)15(2)24-14)16-8-10-18(11-9-16)26-13-5-7-17-6-3-4-12-23-17/h3-4,6,8-12H,5,7,13H2,1-2H3,(H,24,25). The number of benzene rings is 1. The third-order valence-electron chi connectivity index (χ3n) is 4.22. The number of aryl methyl sites for hydroxylation is 3. The van der Waals surface area contributed by atoms with Crippen LogP contribution in [-0.4, -0.2) is 16.6 Å². The van der Waals surface area contributed by atoms with Crippen molar-refractivity contribution in [3.05, 3.63) is 80.4 Å². The van der Waals surface area contributed by atoms with Crippen molar-refractivity contribution in [2.75, 3.05) is 6.61 Å². The van der Waals surface area contributed by atoms with E-state index in [2.05, 4.69) is 25.9 Å². The molecule has 0 aliphatic rings. The first kappa shape index (κ1) is 18.4. The summed E-state index contributed by atoms with van der Waals surface area (Å²) in [4.78, 5) is 20.1. The molecule has 0 amide bonds. The fourth-order valence-electron chi connectivity index (χ4n) is 2.90. The molecule has 2 aromatic heterocycles. The van der Waals surface area contributed by atoms with Gasteiger partial charge in [-0.2, -0.15) is 0 Å². The lowest BCUT2D eigenvalue weighted by Crippen LogP contribution is -2.11. The number of nitrogens with zero attached hydrogens (tertiary/aromatic N) is 1. The minimum absolute atomic E-state index is 0.00257. The van der Waals surface area contributed by atoms with Gasteiger partial charge in [0, 0.05) is 28.8 Å². The molecule has 0 saturated carbocycles. The van der Waals surface area contributed by atoms with Gasteiger partial charge in [-0.1, -0.05) is 18.2 Å². The number of hydrogen-bond donors (Lipinski definition) is 1. The summed E-state index contributed by atoms with van der Waals surface area (Å²) in [6.07, 6.45) is 3.61. The maximum absolute atomic E-state index is 12.5. The fraction of sp³-hybridized carbons (Fsp3) is 0.238. The first-order valence-electron chi connectivity index (χ1n) is 8.58. The summed E-state index contributed by atoms with van der Waals surface area (Å²) in [6, 6.07) is 13.6. The number of rotatable bonds is 6. The summed E-state index contributed by atoms with van der Waals surface area (Å²) < 4.78 is 6.38. The molecule has 0 spiro atoms. The molecule has 0 radical (unpaired) electrons. The number of aromatic nitrogens is 2. The number of aromatic amines is 1. The Labute approximate surface area is 161 Å². The van der Waals surface area contributed by atoms with Crippen LogP contribution in [0, 0.1) is 13.8 Å². The molecule has 2 heterocycles. The van der Waals surface area contributed by atoms with Crippen molar-refractivity contribution < 1.29 is 4.74 Å². The van der Waals surface area contributed by atoms with Crippen molar-refractivity contribution in [1.82, 2.24) is 9.97 Å². The van der Waals surface area contributed by atoms with Gasteiger partial charge in [0.1, 0.15) is 5.75 Å². The SMILES string of the molecule is Cc1[nH]c(C)c(-c2ccc(OCCCc3ccccn3)cc2)c(=O)c1Br. The van der Waals surface area contributed by atoms with Crippen LogP contribution in [0.25, 0.3) is 11.1 Å². The highest BCUT2D eigenvalue weighted by Crippen LogP contribution is 2.24. The van der Waals surface area contributed by atoms with E-state index in [0.717, 1.165) is 41.2 Å². The van der Waals surface area contributed by atoms with Crippen molar-refractivity contribution in [2.45, 2.75) is 26.7 Å². The van der Waals surface area contributed by atoms with Gasteiger partial charge in [0.15, 0.2) is 0 Å². The molecule has 3 aromatic rings. The van der Waals surface area contributed by atoms with Gasteiger partial charge in [-0.3, -0.25) is 9.78 Å². The van der Waals surface area contributed by atoms with Gasteiger partial charge in [-0.25, -0.2) is 0 Å². The molecule has 1 N–H and O–H groups in total. The predicted molar refractivity (Wildman–Crippen MR) is 108 cm³/mol. The van der Waals surface area contributed by atoms with Crippen molar-refractivity contribution in [3.8, 4) is 16.9 Å². The highest BCUT2D eigenvalue weighted by molar-refractivity contribution is 9.10. The average Bonchev–Trinajstić information content (AvgIpc) is 2.65. The van der Waals surface area contributed by atoms with Crippen LogP contribution in [-0.2, 0) is 6.42 Å². The minimum atomic E-state index is 0.00257. The smallest absolute Gasteiger partial charge is 0.204 e. The number of pyridine rings is 2. The predicted octanol–water partition coefficient (Wildman–Crippen LogP) is 4.83. The van der Waals surface area contributed by atoms with E-state index in [1.165, 1.54) is 0 Å². The molecule has 0 bridgehead atoms. The molecule has 0 aliphatic carbocycles. The molecule has 0 fully saturated rings. The Morgan fingerprint density at radius 3 is 2.54 bits per heavy atom. The van der Waals surface area contributed by atoms with E-state index in [1.54, 1.807) is 0 Å². The molecule has 0 unspecified atom stereocenters. The number of hydrogen-bond acceptors (Lipinski definition) is 3. The van der Waals surface area contributed by atoms with E-state index >= 15 is 0 Å². The molecule has 0 aliphatic heterocycles. The van der Waals surface area contributed by atoms with Crippen molar-refractivity contribution in [2.24, 2.45) is 0 Å². The van der Waals surface area contributed by atoms with Crippen LogP contribution in [0.2, 0.25) is 0 Å². The Balaban J connectivity index is 1.64.